The van der Waals surface area contributed by atoms with Gasteiger partial charge in [0.05, 0.1) is 12.6 Å². The van der Waals surface area contributed by atoms with Gasteiger partial charge in [-0.05, 0) is 36.8 Å². The van der Waals surface area contributed by atoms with E-state index in [0.29, 0.717) is 17.0 Å². The third-order valence-corrected chi connectivity index (χ3v) is 3.32. The molecule has 0 radical (unpaired) electrons. The number of methoxy groups -OCH3 is 1. The number of amides is 1. The SMILES string of the molecule is COc1ccc(F)c2[nH]c(C(=O)Nc3ccc(C)cn3)cc12. The van der Waals surface area contributed by atoms with Crippen LogP contribution in [0, 0.1) is 12.7 Å². The minimum Gasteiger partial charge on any atom is -0.496 e. The second-order valence-electron chi connectivity index (χ2n) is 4.90. The number of benzene rings is 1. The molecule has 1 amide bonds. The minimum atomic E-state index is -0.441. The van der Waals surface area contributed by atoms with Crippen LogP contribution in [0.3, 0.4) is 0 Å². The number of nitrogens with one attached hydrogen (secondary N) is 2. The highest BCUT2D eigenvalue weighted by atomic mass is 19.1. The third-order valence-electron chi connectivity index (χ3n) is 3.32. The number of halogens is 1. The van der Waals surface area contributed by atoms with Gasteiger partial charge in [-0.1, -0.05) is 6.07 Å². The summed E-state index contributed by atoms with van der Waals surface area (Å²) < 4.78 is 19.0. The van der Waals surface area contributed by atoms with Crippen LogP contribution in [0.2, 0.25) is 0 Å². The molecule has 112 valence electrons. The van der Waals surface area contributed by atoms with Crippen LogP contribution in [0.15, 0.2) is 36.5 Å². The average Bonchev–Trinajstić information content (AvgIpc) is 2.96. The number of aromatic nitrogens is 2. The van der Waals surface area contributed by atoms with Crippen LogP contribution < -0.4 is 10.1 Å². The Labute approximate surface area is 126 Å². The van der Waals surface area contributed by atoms with Gasteiger partial charge in [0, 0.05) is 11.6 Å². The van der Waals surface area contributed by atoms with Crippen LogP contribution in [0.4, 0.5) is 10.2 Å². The standard InChI is InChI=1S/C16H14FN3O2/c1-9-3-6-14(18-8-9)20-16(21)12-7-10-13(22-2)5-4-11(17)15(10)19-12/h3-8,19H,1-2H3,(H,18,20,21). The summed E-state index contributed by atoms with van der Waals surface area (Å²) in [4.78, 5) is 19.1. The van der Waals surface area contributed by atoms with Gasteiger partial charge in [-0.2, -0.15) is 0 Å². The highest BCUT2D eigenvalue weighted by Crippen LogP contribution is 2.28. The fraction of sp³-hybridized carbons (Fsp3) is 0.125. The molecule has 0 fully saturated rings. The maximum atomic E-state index is 13.8. The number of ether oxygens (including phenoxy) is 1. The molecule has 2 heterocycles. The maximum Gasteiger partial charge on any atom is 0.273 e. The number of pyridine rings is 1. The van der Waals surface area contributed by atoms with E-state index in [-0.39, 0.29) is 11.2 Å². The molecule has 0 atom stereocenters. The van der Waals surface area contributed by atoms with Crippen LogP contribution in [0.1, 0.15) is 16.1 Å². The molecule has 2 N–H and O–H groups in total. The largest absolute Gasteiger partial charge is 0.496 e. The van der Waals surface area contributed by atoms with E-state index in [2.05, 4.69) is 15.3 Å². The molecule has 0 spiro atoms. The first-order chi connectivity index (χ1) is 10.6. The first-order valence-corrected chi connectivity index (χ1v) is 6.67. The molecule has 0 aliphatic heterocycles. The lowest BCUT2D eigenvalue weighted by atomic mass is 10.2. The minimum absolute atomic E-state index is 0.237. The van der Waals surface area contributed by atoms with Gasteiger partial charge >= 0.3 is 0 Å². The highest BCUT2D eigenvalue weighted by Gasteiger charge is 2.15. The van der Waals surface area contributed by atoms with Crippen molar-refractivity contribution in [2.75, 3.05) is 12.4 Å². The van der Waals surface area contributed by atoms with Gasteiger partial charge in [0.2, 0.25) is 0 Å². The zero-order chi connectivity index (χ0) is 15.7. The van der Waals surface area contributed by atoms with Crippen molar-refractivity contribution in [2.24, 2.45) is 0 Å². The number of H-pyrrole nitrogens is 1. The van der Waals surface area contributed by atoms with Crippen molar-refractivity contribution in [3.8, 4) is 5.75 Å². The van der Waals surface area contributed by atoms with Crippen LogP contribution in [0.25, 0.3) is 10.9 Å². The number of carbonyl (C=O) groups excluding carboxylic acids is 1. The van der Waals surface area contributed by atoms with Crippen molar-refractivity contribution in [1.82, 2.24) is 9.97 Å². The number of anilines is 1. The number of carbonyl (C=O) groups is 1. The van der Waals surface area contributed by atoms with Crippen molar-refractivity contribution in [3.63, 3.8) is 0 Å². The van der Waals surface area contributed by atoms with E-state index in [9.17, 15) is 9.18 Å². The highest BCUT2D eigenvalue weighted by molar-refractivity contribution is 6.06. The number of aromatic amines is 1. The predicted octanol–water partition coefficient (Wildman–Crippen LogP) is 3.27. The van der Waals surface area contributed by atoms with Gasteiger partial charge in [0.25, 0.3) is 5.91 Å². The summed E-state index contributed by atoms with van der Waals surface area (Å²) >= 11 is 0. The fourth-order valence-corrected chi connectivity index (χ4v) is 2.18. The maximum absolute atomic E-state index is 13.8. The molecule has 2 aromatic heterocycles. The number of nitrogens with zero attached hydrogens (tertiary/aromatic N) is 1. The molecule has 3 aromatic rings. The van der Waals surface area contributed by atoms with Crippen molar-refractivity contribution < 1.29 is 13.9 Å². The topological polar surface area (TPSA) is 67.0 Å². The summed E-state index contributed by atoms with van der Waals surface area (Å²) in [5, 5.41) is 3.18. The molecule has 0 saturated carbocycles. The smallest absolute Gasteiger partial charge is 0.273 e. The van der Waals surface area contributed by atoms with E-state index in [0.717, 1.165) is 5.56 Å². The average molecular weight is 299 g/mol. The Morgan fingerprint density at radius 2 is 2.14 bits per heavy atom. The number of hydrogen-bond donors (Lipinski definition) is 2. The lowest BCUT2D eigenvalue weighted by Gasteiger charge is -2.02. The normalized spacial score (nSPS) is 10.7. The Bertz CT molecular complexity index is 840. The van der Waals surface area contributed by atoms with Gasteiger partial charge < -0.3 is 15.0 Å². The molecule has 6 heteroatoms. The summed E-state index contributed by atoms with van der Waals surface area (Å²) in [5.41, 5.74) is 1.47. The molecule has 1 aromatic carbocycles. The Morgan fingerprint density at radius 3 is 2.82 bits per heavy atom. The van der Waals surface area contributed by atoms with E-state index in [1.54, 1.807) is 18.3 Å². The molecule has 3 rings (SSSR count). The number of fused-ring (bicyclic) bond motifs is 1. The van der Waals surface area contributed by atoms with Crippen LogP contribution in [-0.4, -0.2) is 23.0 Å². The van der Waals surface area contributed by atoms with Crippen LogP contribution in [0.5, 0.6) is 5.75 Å². The van der Waals surface area contributed by atoms with Crippen molar-refractivity contribution in [1.29, 1.82) is 0 Å². The number of rotatable bonds is 3. The molecule has 5 nitrogen and oxygen atoms in total. The van der Waals surface area contributed by atoms with Gasteiger partial charge in [0.15, 0.2) is 0 Å². The second kappa shape index (κ2) is 5.48. The Hall–Kier alpha value is -2.89. The summed E-state index contributed by atoms with van der Waals surface area (Å²) in [5.74, 6) is 0.0965. The molecule has 0 saturated heterocycles. The van der Waals surface area contributed by atoms with Gasteiger partial charge in [-0.15, -0.1) is 0 Å². The van der Waals surface area contributed by atoms with Crippen LogP contribution in [-0.2, 0) is 0 Å². The zero-order valence-corrected chi connectivity index (χ0v) is 12.1. The zero-order valence-electron chi connectivity index (χ0n) is 12.1. The molecule has 0 aliphatic rings. The Morgan fingerprint density at radius 1 is 1.32 bits per heavy atom. The molecule has 0 unspecified atom stereocenters. The van der Waals surface area contributed by atoms with E-state index in [1.165, 1.54) is 19.2 Å². The van der Waals surface area contributed by atoms with E-state index in [1.807, 2.05) is 13.0 Å². The number of aryl methyl sites for hydroxylation is 1. The first-order valence-electron chi connectivity index (χ1n) is 6.67. The quantitative estimate of drug-likeness (QED) is 0.780. The monoisotopic (exact) mass is 299 g/mol. The predicted molar refractivity (Wildman–Crippen MR) is 81.7 cm³/mol. The molecular weight excluding hydrogens is 285 g/mol. The van der Waals surface area contributed by atoms with E-state index < -0.39 is 11.7 Å². The molecule has 22 heavy (non-hydrogen) atoms. The third kappa shape index (κ3) is 2.50. The van der Waals surface area contributed by atoms with Crippen molar-refractivity contribution in [2.45, 2.75) is 6.92 Å². The van der Waals surface area contributed by atoms with E-state index >= 15 is 0 Å². The van der Waals surface area contributed by atoms with Crippen LogP contribution >= 0.6 is 0 Å². The summed E-state index contributed by atoms with van der Waals surface area (Å²) in [7, 11) is 1.50. The lowest BCUT2D eigenvalue weighted by molar-refractivity contribution is 0.102. The fourth-order valence-electron chi connectivity index (χ4n) is 2.18. The molecular formula is C16H14FN3O2. The second-order valence-corrected chi connectivity index (χ2v) is 4.90. The van der Waals surface area contributed by atoms with E-state index in [4.69, 9.17) is 4.74 Å². The summed E-state index contributed by atoms with van der Waals surface area (Å²) in [6.07, 6.45) is 1.66. The van der Waals surface area contributed by atoms with Gasteiger partial charge in [-0.25, -0.2) is 9.37 Å². The molecule has 0 aliphatic carbocycles. The van der Waals surface area contributed by atoms with Gasteiger partial charge in [0.1, 0.15) is 23.1 Å². The summed E-state index contributed by atoms with van der Waals surface area (Å²) in [6.45, 7) is 1.91. The Balaban J connectivity index is 1.94. The first kappa shape index (κ1) is 14.1. The Kier molecular flexibility index (Phi) is 3.50. The van der Waals surface area contributed by atoms with Gasteiger partial charge in [-0.3, -0.25) is 4.79 Å². The van der Waals surface area contributed by atoms with Crippen molar-refractivity contribution >= 4 is 22.6 Å². The summed E-state index contributed by atoms with van der Waals surface area (Å²) in [6, 6.07) is 7.92. The number of hydrogen-bond acceptors (Lipinski definition) is 3. The lowest BCUT2D eigenvalue weighted by Crippen LogP contribution is -2.13. The molecule has 0 bridgehead atoms. The van der Waals surface area contributed by atoms with Crippen molar-refractivity contribution in [3.05, 3.63) is 53.6 Å².